The van der Waals surface area contributed by atoms with E-state index in [9.17, 15) is 27.9 Å². The van der Waals surface area contributed by atoms with Crippen LogP contribution in [-0.2, 0) is 4.79 Å². The summed E-state index contributed by atoms with van der Waals surface area (Å²) in [5.41, 5.74) is -3.36. The highest BCUT2D eigenvalue weighted by atomic mass is 32.2. The van der Waals surface area contributed by atoms with Crippen molar-refractivity contribution >= 4 is 17.7 Å². The van der Waals surface area contributed by atoms with Gasteiger partial charge in [-0.25, -0.2) is 9.36 Å². The molecule has 2 aromatic heterocycles. The Kier molecular flexibility index (Phi) is 7.30. The summed E-state index contributed by atoms with van der Waals surface area (Å²) in [6, 6.07) is 12.4. The molecule has 1 atom stereocenters. The fourth-order valence-electron chi connectivity index (χ4n) is 3.88. The number of nitrogens with zero attached hydrogens (tertiary/aromatic N) is 3. The lowest BCUT2D eigenvalue weighted by Crippen LogP contribution is -2.36. The molecular weight excluding hydrogens is 509 g/mol. The average molecular weight is 531 g/mol. The first-order valence-electron chi connectivity index (χ1n) is 10.8. The Bertz CT molecular complexity index is 1470. The minimum Gasteiger partial charge on any atom is -0.497 e. The molecule has 0 saturated carbocycles. The Morgan fingerprint density at radius 3 is 2.38 bits per heavy atom. The number of carbonyl (C=O) groups excluding carboxylic acids is 1. The van der Waals surface area contributed by atoms with Crippen LogP contribution in [0, 0.1) is 0 Å². The number of pyridine rings is 1. The van der Waals surface area contributed by atoms with E-state index < -0.39 is 29.0 Å². The molecule has 2 aromatic carbocycles. The normalized spacial score (nSPS) is 12.2. The summed E-state index contributed by atoms with van der Waals surface area (Å²) >= 11 is -0.293. The molecule has 0 aliphatic heterocycles. The van der Waals surface area contributed by atoms with Crippen molar-refractivity contribution in [1.29, 1.82) is 0 Å². The molecule has 8 nitrogen and oxygen atoms in total. The van der Waals surface area contributed by atoms with Gasteiger partial charge >= 0.3 is 11.2 Å². The zero-order valence-corrected chi connectivity index (χ0v) is 20.4. The van der Waals surface area contributed by atoms with Gasteiger partial charge in [0.2, 0.25) is 11.8 Å². The number of nitrogens with one attached hydrogen (secondary N) is 1. The summed E-state index contributed by atoms with van der Waals surface area (Å²) < 4.78 is 45.2. The second-order valence-corrected chi connectivity index (χ2v) is 8.90. The second kappa shape index (κ2) is 10.4. The monoisotopic (exact) mass is 530 g/mol. The molecule has 2 N–H and O–H groups in total. The van der Waals surface area contributed by atoms with Crippen LogP contribution in [0.2, 0.25) is 0 Å². The molecule has 1 amide bonds. The Balaban J connectivity index is 1.81. The number of hydrogen-bond donors (Lipinski definition) is 2. The van der Waals surface area contributed by atoms with Crippen LogP contribution in [0.3, 0.4) is 0 Å². The van der Waals surface area contributed by atoms with Crippen LogP contribution in [0.25, 0.3) is 16.8 Å². The zero-order chi connectivity index (χ0) is 26.7. The van der Waals surface area contributed by atoms with Crippen molar-refractivity contribution in [2.24, 2.45) is 0 Å². The smallest absolute Gasteiger partial charge is 0.446 e. The van der Waals surface area contributed by atoms with Crippen molar-refractivity contribution in [3.63, 3.8) is 0 Å². The number of halogens is 3. The maximum absolute atomic E-state index is 13.4. The number of methoxy groups -OCH3 is 1. The van der Waals surface area contributed by atoms with Crippen molar-refractivity contribution in [2.45, 2.75) is 16.4 Å². The van der Waals surface area contributed by atoms with Crippen LogP contribution in [0.4, 0.5) is 13.2 Å². The molecule has 0 bridgehead atoms. The third-order valence-electron chi connectivity index (χ3n) is 5.55. The van der Waals surface area contributed by atoms with Crippen LogP contribution in [0.15, 0.2) is 82.9 Å². The lowest BCUT2D eigenvalue weighted by Gasteiger charge is -2.20. The van der Waals surface area contributed by atoms with Crippen molar-refractivity contribution in [3.8, 4) is 28.4 Å². The lowest BCUT2D eigenvalue weighted by molar-refractivity contribution is -0.122. The number of amides is 1. The summed E-state index contributed by atoms with van der Waals surface area (Å²) in [5.74, 6) is -0.387. The number of ether oxygens (including phenoxy) is 1. The first-order valence-corrected chi connectivity index (χ1v) is 11.6. The number of benzene rings is 2. The molecule has 0 saturated heterocycles. The number of aromatic hydroxyl groups is 1. The van der Waals surface area contributed by atoms with E-state index in [1.54, 1.807) is 43.6 Å². The average Bonchev–Trinajstić information content (AvgIpc) is 3.17. The van der Waals surface area contributed by atoms with Gasteiger partial charge in [0.15, 0.2) is 0 Å². The standard InChI is InChI=1S/C25H21F3N4O4S/c1-29-23(34)22(19-11-12-30-13-20(19)15-3-7-17(36-2)8-4-15)31-14-21(33)32(24(31)35)16-5-9-18(10-6-16)37-25(26,27)28/h3-14,22,33H,1-2H3,(H,29,34). The topological polar surface area (TPSA) is 98.4 Å². The maximum atomic E-state index is 13.4. The zero-order valence-electron chi connectivity index (χ0n) is 19.6. The van der Waals surface area contributed by atoms with Crippen LogP contribution in [0.5, 0.6) is 11.6 Å². The number of alkyl halides is 3. The van der Waals surface area contributed by atoms with Gasteiger partial charge in [0.1, 0.15) is 11.8 Å². The van der Waals surface area contributed by atoms with Gasteiger partial charge in [0, 0.05) is 29.9 Å². The Morgan fingerprint density at radius 1 is 1.11 bits per heavy atom. The van der Waals surface area contributed by atoms with E-state index in [0.717, 1.165) is 15.3 Å². The summed E-state index contributed by atoms with van der Waals surface area (Å²) in [4.78, 5) is 30.6. The van der Waals surface area contributed by atoms with E-state index in [2.05, 4.69) is 10.3 Å². The molecule has 0 spiro atoms. The fraction of sp³-hybridized carbons (Fsp3) is 0.160. The van der Waals surface area contributed by atoms with Gasteiger partial charge in [0.25, 0.3) is 0 Å². The fourth-order valence-corrected chi connectivity index (χ4v) is 4.42. The number of rotatable bonds is 7. The maximum Gasteiger partial charge on any atom is 0.446 e. The van der Waals surface area contributed by atoms with Crippen molar-refractivity contribution in [3.05, 3.63) is 89.2 Å². The molecule has 0 fully saturated rings. The van der Waals surface area contributed by atoms with E-state index in [4.69, 9.17) is 4.74 Å². The number of carbonyl (C=O) groups is 1. The third kappa shape index (κ3) is 5.48. The second-order valence-electron chi connectivity index (χ2n) is 7.76. The van der Waals surface area contributed by atoms with Crippen LogP contribution < -0.4 is 15.7 Å². The Labute approximate surface area is 213 Å². The lowest BCUT2D eigenvalue weighted by atomic mass is 9.96. The number of aromatic nitrogens is 3. The van der Waals surface area contributed by atoms with E-state index in [1.165, 1.54) is 37.5 Å². The molecule has 0 aliphatic carbocycles. The molecule has 0 aliphatic rings. The molecular formula is C25H21F3N4O4S. The summed E-state index contributed by atoms with van der Waals surface area (Å²) in [6.45, 7) is 0. The molecule has 12 heteroatoms. The van der Waals surface area contributed by atoms with Crippen LogP contribution in [-0.4, -0.2) is 44.8 Å². The van der Waals surface area contributed by atoms with Gasteiger partial charge in [-0.1, -0.05) is 12.1 Å². The minimum absolute atomic E-state index is 0.0765. The van der Waals surface area contributed by atoms with Gasteiger partial charge in [-0.3, -0.25) is 14.3 Å². The van der Waals surface area contributed by atoms with Gasteiger partial charge in [-0.15, -0.1) is 0 Å². The first kappa shape index (κ1) is 25.9. The van der Waals surface area contributed by atoms with Crippen LogP contribution in [0.1, 0.15) is 11.6 Å². The Hall–Kier alpha value is -4.19. The summed E-state index contributed by atoms with van der Waals surface area (Å²) in [6.07, 6.45) is 4.15. The molecule has 2 heterocycles. The highest BCUT2D eigenvalue weighted by molar-refractivity contribution is 8.00. The largest absolute Gasteiger partial charge is 0.497 e. The number of imidazole rings is 1. The molecule has 37 heavy (non-hydrogen) atoms. The molecule has 192 valence electrons. The van der Waals surface area contributed by atoms with E-state index in [0.29, 0.717) is 22.4 Å². The number of likely N-dealkylation sites (N-methyl/N-ethyl adjacent to an activating group) is 1. The first-order chi connectivity index (χ1) is 17.6. The molecule has 4 aromatic rings. The van der Waals surface area contributed by atoms with Gasteiger partial charge < -0.3 is 15.2 Å². The predicted molar refractivity (Wildman–Crippen MR) is 132 cm³/mol. The molecule has 4 rings (SSSR count). The van der Waals surface area contributed by atoms with Gasteiger partial charge in [-0.2, -0.15) is 13.2 Å². The minimum atomic E-state index is -4.46. The Morgan fingerprint density at radius 2 is 1.78 bits per heavy atom. The summed E-state index contributed by atoms with van der Waals surface area (Å²) in [7, 11) is 2.96. The highest BCUT2D eigenvalue weighted by Crippen LogP contribution is 2.37. The van der Waals surface area contributed by atoms with Crippen molar-refractivity contribution < 1.29 is 27.8 Å². The predicted octanol–water partition coefficient (Wildman–Crippen LogP) is 4.36. The summed E-state index contributed by atoms with van der Waals surface area (Å²) in [5, 5.41) is 13.2. The third-order valence-corrected chi connectivity index (χ3v) is 6.29. The SMILES string of the molecule is CNC(=O)C(c1ccncc1-c1ccc(OC)cc1)n1cc(O)n(-c2ccc(SC(F)(F)F)cc2)c1=O. The van der Waals surface area contributed by atoms with E-state index >= 15 is 0 Å². The van der Waals surface area contributed by atoms with Crippen LogP contribution >= 0.6 is 11.8 Å². The van der Waals surface area contributed by atoms with Crippen molar-refractivity contribution in [1.82, 2.24) is 19.4 Å². The molecule has 1 unspecified atom stereocenters. The number of hydrogen-bond acceptors (Lipinski definition) is 6. The van der Waals surface area contributed by atoms with Gasteiger partial charge in [0.05, 0.1) is 19.0 Å². The molecule has 0 radical (unpaired) electrons. The highest BCUT2D eigenvalue weighted by Gasteiger charge is 2.30. The number of thioether (sulfide) groups is 1. The van der Waals surface area contributed by atoms with Crippen molar-refractivity contribution in [2.75, 3.05) is 14.2 Å². The van der Waals surface area contributed by atoms with E-state index in [1.807, 2.05) is 0 Å². The quantitative estimate of drug-likeness (QED) is 0.345. The van der Waals surface area contributed by atoms with Gasteiger partial charge in [-0.05, 0) is 65.4 Å². The van der Waals surface area contributed by atoms with E-state index in [-0.39, 0.29) is 22.3 Å².